The van der Waals surface area contributed by atoms with Crippen LogP contribution in [0.15, 0.2) is 24.3 Å². The van der Waals surface area contributed by atoms with Crippen LogP contribution < -0.4 is 14.4 Å². The summed E-state index contributed by atoms with van der Waals surface area (Å²) in [6.45, 7) is -0.195. The van der Waals surface area contributed by atoms with Crippen LogP contribution >= 0.6 is 0 Å². The van der Waals surface area contributed by atoms with E-state index >= 15 is 0 Å². The molecule has 2 aliphatic rings. The van der Waals surface area contributed by atoms with Gasteiger partial charge in [0.15, 0.2) is 0 Å². The summed E-state index contributed by atoms with van der Waals surface area (Å²) < 4.78 is 30.4. The molecule has 1 aromatic carbocycles. The summed E-state index contributed by atoms with van der Waals surface area (Å²) in [5.74, 6) is 1.69. The minimum absolute atomic E-state index is 0.195. The Morgan fingerprint density at radius 1 is 1.25 bits per heavy atom. The number of carbonyl (C=O) groups is 1. The summed E-state index contributed by atoms with van der Waals surface area (Å²) in [6, 6.07) is 6.85. The van der Waals surface area contributed by atoms with Crippen molar-refractivity contribution in [3.63, 3.8) is 0 Å². The van der Waals surface area contributed by atoms with E-state index < -0.39 is 10.0 Å². The van der Waals surface area contributed by atoms with E-state index in [4.69, 9.17) is 4.74 Å². The number of carbonyl (C=O) groups excluding carboxylic acids is 1. The van der Waals surface area contributed by atoms with Gasteiger partial charge in [0.25, 0.3) is 0 Å². The molecule has 0 aliphatic heterocycles. The normalized spacial score (nSPS) is 25.5. The lowest BCUT2D eigenvalue weighted by Gasteiger charge is -2.26. The van der Waals surface area contributed by atoms with Crippen LogP contribution in [0.3, 0.4) is 0 Å². The van der Waals surface area contributed by atoms with Crippen LogP contribution in [0, 0.1) is 11.8 Å². The van der Waals surface area contributed by atoms with Gasteiger partial charge in [0.2, 0.25) is 15.9 Å². The second-order valence-corrected chi connectivity index (χ2v) is 8.72. The number of nitrogens with zero attached hydrogens (tertiary/aromatic N) is 1. The second-order valence-electron chi connectivity index (χ2n) is 6.82. The number of sulfonamides is 1. The number of hydrogen-bond acceptors (Lipinski definition) is 4. The highest BCUT2D eigenvalue weighted by Gasteiger charge is 2.40. The molecule has 1 aromatic rings. The van der Waals surface area contributed by atoms with Gasteiger partial charge in [0.1, 0.15) is 12.3 Å². The van der Waals surface area contributed by atoms with E-state index in [9.17, 15) is 13.2 Å². The standard InChI is InChI=1S/C17H24N2O4S/c1-23-15-7-5-14(6-8-15)19(24(2,21)22)11-17(20)18-16-10-12-3-4-13(16)9-12/h5-8,12-13,16H,3-4,9-11H2,1-2H3,(H,18,20)/t12-,13+,16-/m1/s1. The lowest BCUT2D eigenvalue weighted by atomic mass is 9.95. The van der Waals surface area contributed by atoms with Crippen LogP contribution in [0.5, 0.6) is 5.75 Å². The number of anilines is 1. The number of rotatable bonds is 6. The minimum Gasteiger partial charge on any atom is -0.497 e. The third-order valence-corrected chi connectivity index (χ3v) is 6.27. The molecule has 2 aliphatic carbocycles. The van der Waals surface area contributed by atoms with Crippen LogP contribution in [0.2, 0.25) is 0 Å². The Balaban J connectivity index is 1.68. The first kappa shape index (κ1) is 17.1. The lowest BCUT2D eigenvalue weighted by molar-refractivity contribution is -0.120. The fourth-order valence-electron chi connectivity index (χ4n) is 3.95. The van der Waals surface area contributed by atoms with E-state index in [1.807, 2.05) is 0 Å². The van der Waals surface area contributed by atoms with Gasteiger partial charge in [0, 0.05) is 6.04 Å². The highest BCUT2D eigenvalue weighted by Crippen LogP contribution is 2.44. The number of methoxy groups -OCH3 is 1. The van der Waals surface area contributed by atoms with Crippen molar-refractivity contribution in [3.05, 3.63) is 24.3 Å². The van der Waals surface area contributed by atoms with E-state index in [0.29, 0.717) is 17.4 Å². The average molecular weight is 352 g/mol. The Morgan fingerprint density at radius 2 is 1.96 bits per heavy atom. The molecule has 0 heterocycles. The van der Waals surface area contributed by atoms with E-state index in [0.717, 1.165) is 22.9 Å². The molecule has 2 saturated carbocycles. The Hall–Kier alpha value is -1.76. The van der Waals surface area contributed by atoms with E-state index in [1.54, 1.807) is 31.4 Å². The first-order valence-electron chi connectivity index (χ1n) is 8.28. The molecular formula is C17H24N2O4S. The number of hydrogen-bond donors (Lipinski definition) is 1. The van der Waals surface area contributed by atoms with Crippen molar-refractivity contribution in [3.8, 4) is 5.75 Å². The molecule has 24 heavy (non-hydrogen) atoms. The third-order valence-electron chi connectivity index (χ3n) is 5.13. The monoisotopic (exact) mass is 352 g/mol. The molecule has 2 fully saturated rings. The van der Waals surface area contributed by atoms with Gasteiger partial charge >= 0.3 is 0 Å². The van der Waals surface area contributed by atoms with Crippen molar-refractivity contribution in [2.75, 3.05) is 24.2 Å². The fourth-order valence-corrected chi connectivity index (χ4v) is 4.81. The fraction of sp³-hybridized carbons (Fsp3) is 0.588. The number of benzene rings is 1. The van der Waals surface area contributed by atoms with Gasteiger partial charge in [-0.3, -0.25) is 9.10 Å². The zero-order valence-electron chi connectivity index (χ0n) is 14.1. The molecule has 3 rings (SSSR count). The van der Waals surface area contributed by atoms with Gasteiger partial charge in [-0.2, -0.15) is 0 Å². The minimum atomic E-state index is -3.54. The quantitative estimate of drug-likeness (QED) is 0.846. The van der Waals surface area contributed by atoms with Crippen molar-refractivity contribution in [1.82, 2.24) is 5.32 Å². The van der Waals surface area contributed by atoms with Crippen molar-refractivity contribution < 1.29 is 17.9 Å². The zero-order valence-corrected chi connectivity index (χ0v) is 14.9. The van der Waals surface area contributed by atoms with Gasteiger partial charge in [-0.05, 0) is 55.4 Å². The maximum absolute atomic E-state index is 12.4. The van der Waals surface area contributed by atoms with Crippen LogP contribution in [0.4, 0.5) is 5.69 Å². The van der Waals surface area contributed by atoms with E-state index in [-0.39, 0.29) is 18.5 Å². The largest absolute Gasteiger partial charge is 0.497 e. The lowest BCUT2D eigenvalue weighted by Crippen LogP contribution is -2.45. The van der Waals surface area contributed by atoms with E-state index in [2.05, 4.69) is 5.32 Å². The Labute approximate surface area is 143 Å². The summed E-state index contributed by atoms with van der Waals surface area (Å²) in [5, 5.41) is 3.04. The molecule has 6 nitrogen and oxygen atoms in total. The van der Waals surface area contributed by atoms with Crippen LogP contribution in [-0.2, 0) is 14.8 Å². The van der Waals surface area contributed by atoms with Crippen molar-refractivity contribution in [1.29, 1.82) is 0 Å². The Morgan fingerprint density at radius 3 is 2.46 bits per heavy atom. The molecule has 0 aromatic heterocycles. The van der Waals surface area contributed by atoms with Gasteiger partial charge in [-0.25, -0.2) is 8.42 Å². The Kier molecular flexibility index (Phi) is 4.71. The molecular weight excluding hydrogens is 328 g/mol. The summed E-state index contributed by atoms with van der Waals surface area (Å²) in [7, 11) is -2.00. The number of ether oxygens (including phenoxy) is 1. The van der Waals surface area contributed by atoms with E-state index in [1.165, 1.54) is 19.3 Å². The zero-order chi connectivity index (χ0) is 17.3. The van der Waals surface area contributed by atoms with Crippen LogP contribution in [-0.4, -0.2) is 40.3 Å². The Bertz CT molecular complexity index is 702. The van der Waals surface area contributed by atoms with Gasteiger partial charge in [0.05, 0.1) is 19.1 Å². The number of amides is 1. The predicted octanol–water partition coefficient (Wildman–Crippen LogP) is 1.77. The van der Waals surface area contributed by atoms with Crippen molar-refractivity contribution in [2.24, 2.45) is 11.8 Å². The molecule has 0 spiro atoms. The first-order valence-corrected chi connectivity index (χ1v) is 10.1. The third kappa shape index (κ3) is 3.66. The summed E-state index contributed by atoms with van der Waals surface area (Å²) in [4.78, 5) is 12.4. The van der Waals surface area contributed by atoms with Crippen LogP contribution in [0.25, 0.3) is 0 Å². The molecule has 3 atom stereocenters. The molecule has 2 bridgehead atoms. The maximum atomic E-state index is 12.4. The number of fused-ring (bicyclic) bond motifs is 2. The summed E-state index contributed by atoms with van der Waals surface area (Å²) in [6.07, 6.45) is 5.77. The van der Waals surface area contributed by atoms with Crippen molar-refractivity contribution >= 4 is 21.6 Å². The maximum Gasteiger partial charge on any atom is 0.241 e. The highest BCUT2D eigenvalue weighted by molar-refractivity contribution is 7.92. The average Bonchev–Trinajstić information content (AvgIpc) is 3.14. The predicted molar refractivity (Wildman–Crippen MR) is 92.6 cm³/mol. The molecule has 7 heteroatoms. The summed E-state index contributed by atoms with van der Waals surface area (Å²) >= 11 is 0. The highest BCUT2D eigenvalue weighted by atomic mass is 32.2. The molecule has 132 valence electrons. The molecule has 0 saturated heterocycles. The van der Waals surface area contributed by atoms with Gasteiger partial charge in [-0.15, -0.1) is 0 Å². The SMILES string of the molecule is COc1ccc(N(CC(=O)N[C@@H]2C[C@@H]3CC[C@H]2C3)S(C)(=O)=O)cc1. The van der Waals surface area contributed by atoms with Crippen LogP contribution in [0.1, 0.15) is 25.7 Å². The van der Waals surface area contributed by atoms with Crippen molar-refractivity contribution in [2.45, 2.75) is 31.7 Å². The molecule has 0 radical (unpaired) electrons. The van der Waals surface area contributed by atoms with Gasteiger partial charge in [-0.1, -0.05) is 6.42 Å². The second kappa shape index (κ2) is 6.63. The molecule has 0 unspecified atom stereocenters. The van der Waals surface area contributed by atoms with Gasteiger partial charge < -0.3 is 10.1 Å². The number of nitrogens with one attached hydrogen (secondary N) is 1. The topological polar surface area (TPSA) is 75.7 Å². The summed E-state index contributed by atoms with van der Waals surface area (Å²) in [5.41, 5.74) is 0.460. The molecule has 1 amide bonds. The smallest absolute Gasteiger partial charge is 0.241 e. The molecule has 1 N–H and O–H groups in total. The first-order chi connectivity index (χ1) is 11.4.